The van der Waals surface area contributed by atoms with Crippen molar-refractivity contribution in [1.82, 2.24) is 0 Å². The molecule has 0 N–H and O–H groups in total. The highest BCUT2D eigenvalue weighted by atomic mass is 32.1. The maximum absolute atomic E-state index is 6.07. The van der Waals surface area contributed by atoms with Gasteiger partial charge in [-0.25, -0.2) is 0 Å². The van der Waals surface area contributed by atoms with E-state index in [4.69, 9.17) is 4.74 Å². The third-order valence-electron chi connectivity index (χ3n) is 5.00. The van der Waals surface area contributed by atoms with Crippen molar-refractivity contribution in [3.05, 3.63) is 41.0 Å². The number of unbranched alkanes of at least 4 members (excludes halogenated alkanes) is 3. The highest BCUT2D eigenvalue weighted by Crippen LogP contribution is 2.41. The second-order valence-electron chi connectivity index (χ2n) is 6.66. The first kappa shape index (κ1) is 17.3. The van der Waals surface area contributed by atoms with Crippen molar-refractivity contribution in [3.8, 4) is 5.75 Å². The lowest BCUT2D eigenvalue weighted by Crippen LogP contribution is -1.98. The molecular weight excluding hydrogens is 312 g/mol. The summed E-state index contributed by atoms with van der Waals surface area (Å²) in [6, 6.07) is 8.99. The normalized spacial score (nSPS) is 11.5. The van der Waals surface area contributed by atoms with Crippen molar-refractivity contribution in [1.29, 1.82) is 0 Å². The quantitative estimate of drug-likeness (QED) is 0.413. The maximum atomic E-state index is 6.07. The molecule has 2 aromatic carbocycles. The predicted octanol–water partition coefficient (Wildman–Crippen LogP) is 7.19. The second kappa shape index (κ2) is 7.57. The number of rotatable bonds is 7. The Bertz CT molecular complexity index is 844. The molecule has 1 aromatic heterocycles. The maximum Gasteiger partial charge on any atom is 0.123 e. The Balaban J connectivity index is 1.93. The first-order valence-corrected chi connectivity index (χ1v) is 10.1. The van der Waals surface area contributed by atoms with E-state index < -0.39 is 0 Å². The van der Waals surface area contributed by atoms with Crippen LogP contribution in [0.25, 0.3) is 20.2 Å². The fourth-order valence-corrected chi connectivity index (χ4v) is 4.76. The highest BCUT2D eigenvalue weighted by molar-refractivity contribution is 7.26. The van der Waals surface area contributed by atoms with Crippen LogP contribution in [0.4, 0.5) is 0 Å². The molecule has 3 rings (SSSR count). The van der Waals surface area contributed by atoms with Crippen LogP contribution in [0.5, 0.6) is 5.75 Å². The molecule has 0 atom stereocenters. The number of fused-ring (bicyclic) bond motifs is 3. The Labute approximate surface area is 149 Å². The van der Waals surface area contributed by atoms with Crippen LogP contribution in [0.15, 0.2) is 24.3 Å². The van der Waals surface area contributed by atoms with E-state index in [0.717, 1.165) is 25.2 Å². The number of hydrogen-bond donors (Lipinski definition) is 0. The van der Waals surface area contributed by atoms with Gasteiger partial charge in [-0.3, -0.25) is 0 Å². The SMILES string of the molecule is CCCCCCOc1ccc2c(sc3c(C)c(CC)ccc32)c1C. The molecule has 128 valence electrons. The predicted molar refractivity (Wildman–Crippen MR) is 108 cm³/mol. The van der Waals surface area contributed by atoms with Crippen molar-refractivity contribution < 1.29 is 4.74 Å². The molecule has 0 aliphatic heterocycles. The van der Waals surface area contributed by atoms with E-state index >= 15 is 0 Å². The van der Waals surface area contributed by atoms with Crippen LogP contribution in [0.1, 0.15) is 56.2 Å². The van der Waals surface area contributed by atoms with E-state index in [1.807, 2.05) is 11.3 Å². The summed E-state index contributed by atoms with van der Waals surface area (Å²) in [4.78, 5) is 0. The van der Waals surface area contributed by atoms with Gasteiger partial charge in [0.1, 0.15) is 5.75 Å². The van der Waals surface area contributed by atoms with E-state index in [2.05, 4.69) is 52.0 Å². The number of hydrogen-bond acceptors (Lipinski definition) is 2. The van der Waals surface area contributed by atoms with Gasteiger partial charge in [-0.15, -0.1) is 11.3 Å². The Hall–Kier alpha value is -1.54. The van der Waals surface area contributed by atoms with Gasteiger partial charge in [-0.2, -0.15) is 0 Å². The zero-order chi connectivity index (χ0) is 17.1. The topological polar surface area (TPSA) is 9.23 Å². The number of ether oxygens (including phenoxy) is 1. The molecule has 0 saturated carbocycles. The molecule has 1 heterocycles. The standard InChI is InChI=1S/C22H28OS/c1-5-7-8-9-14-23-20-13-12-19-18-11-10-17(6-2)15(3)21(18)24-22(19)16(20)4/h10-13H,5-9,14H2,1-4H3. The van der Waals surface area contributed by atoms with Gasteiger partial charge in [0.2, 0.25) is 0 Å². The molecule has 0 radical (unpaired) electrons. The van der Waals surface area contributed by atoms with Crippen LogP contribution in [0.3, 0.4) is 0 Å². The Morgan fingerprint density at radius 1 is 0.833 bits per heavy atom. The molecule has 2 heteroatoms. The summed E-state index contributed by atoms with van der Waals surface area (Å²) < 4.78 is 8.89. The minimum Gasteiger partial charge on any atom is -0.493 e. The molecule has 0 amide bonds. The van der Waals surface area contributed by atoms with E-state index in [1.165, 1.54) is 56.1 Å². The van der Waals surface area contributed by atoms with Crippen LogP contribution < -0.4 is 4.74 Å². The summed E-state index contributed by atoms with van der Waals surface area (Å²) >= 11 is 1.93. The molecule has 1 nitrogen and oxygen atoms in total. The number of benzene rings is 2. The van der Waals surface area contributed by atoms with Gasteiger partial charge in [0.15, 0.2) is 0 Å². The minimum atomic E-state index is 0.830. The summed E-state index contributed by atoms with van der Waals surface area (Å²) in [5.74, 6) is 1.05. The van der Waals surface area contributed by atoms with E-state index in [1.54, 1.807) is 0 Å². The lowest BCUT2D eigenvalue weighted by Gasteiger charge is -2.09. The molecular formula is C22H28OS. The van der Waals surface area contributed by atoms with Crippen molar-refractivity contribution in [2.45, 2.75) is 59.8 Å². The lowest BCUT2D eigenvalue weighted by molar-refractivity contribution is 0.303. The highest BCUT2D eigenvalue weighted by Gasteiger charge is 2.13. The summed E-state index contributed by atoms with van der Waals surface area (Å²) in [6.45, 7) is 9.77. The van der Waals surface area contributed by atoms with Crippen molar-refractivity contribution in [2.75, 3.05) is 6.61 Å². The van der Waals surface area contributed by atoms with Crippen LogP contribution in [-0.2, 0) is 6.42 Å². The molecule has 0 unspecified atom stereocenters. The largest absolute Gasteiger partial charge is 0.493 e. The van der Waals surface area contributed by atoms with Gasteiger partial charge < -0.3 is 4.74 Å². The van der Waals surface area contributed by atoms with Crippen LogP contribution in [0.2, 0.25) is 0 Å². The van der Waals surface area contributed by atoms with E-state index in [0.29, 0.717) is 0 Å². The second-order valence-corrected chi connectivity index (χ2v) is 7.68. The average molecular weight is 341 g/mol. The smallest absolute Gasteiger partial charge is 0.123 e. The van der Waals surface area contributed by atoms with Gasteiger partial charge in [0.25, 0.3) is 0 Å². The lowest BCUT2D eigenvalue weighted by atomic mass is 10.0. The van der Waals surface area contributed by atoms with E-state index in [-0.39, 0.29) is 0 Å². The van der Waals surface area contributed by atoms with Gasteiger partial charge >= 0.3 is 0 Å². The first-order chi connectivity index (χ1) is 11.7. The fourth-order valence-electron chi connectivity index (χ4n) is 3.45. The van der Waals surface area contributed by atoms with Gasteiger partial charge in [-0.1, -0.05) is 45.2 Å². The summed E-state index contributed by atoms with van der Waals surface area (Å²) in [6.07, 6.45) is 6.08. The molecule has 24 heavy (non-hydrogen) atoms. The number of thiophene rings is 1. The molecule has 0 bridgehead atoms. The Morgan fingerprint density at radius 2 is 1.54 bits per heavy atom. The van der Waals surface area contributed by atoms with Crippen molar-refractivity contribution >= 4 is 31.5 Å². The molecule has 0 spiro atoms. The Kier molecular flexibility index (Phi) is 5.45. The van der Waals surface area contributed by atoms with Gasteiger partial charge in [-0.05, 0) is 49.9 Å². The first-order valence-electron chi connectivity index (χ1n) is 9.24. The molecule has 3 aromatic rings. The molecule has 0 aliphatic carbocycles. The number of aryl methyl sites for hydroxylation is 3. The average Bonchev–Trinajstić information content (AvgIpc) is 2.97. The van der Waals surface area contributed by atoms with Crippen molar-refractivity contribution in [2.24, 2.45) is 0 Å². The fraction of sp³-hybridized carbons (Fsp3) is 0.455. The van der Waals surface area contributed by atoms with Crippen LogP contribution in [-0.4, -0.2) is 6.61 Å². The Morgan fingerprint density at radius 3 is 2.25 bits per heavy atom. The third-order valence-corrected chi connectivity index (χ3v) is 6.47. The zero-order valence-corrected chi connectivity index (χ0v) is 16.2. The van der Waals surface area contributed by atoms with E-state index in [9.17, 15) is 0 Å². The molecule has 0 aliphatic rings. The van der Waals surface area contributed by atoms with Crippen LogP contribution in [0, 0.1) is 13.8 Å². The minimum absolute atomic E-state index is 0.830. The molecule has 0 fully saturated rings. The third kappa shape index (κ3) is 3.17. The van der Waals surface area contributed by atoms with Gasteiger partial charge in [0, 0.05) is 25.7 Å². The summed E-state index contributed by atoms with van der Waals surface area (Å²) in [7, 11) is 0. The van der Waals surface area contributed by atoms with Crippen molar-refractivity contribution in [3.63, 3.8) is 0 Å². The zero-order valence-electron chi connectivity index (χ0n) is 15.4. The summed E-state index contributed by atoms with van der Waals surface area (Å²) in [5, 5.41) is 2.76. The van der Waals surface area contributed by atoms with Crippen LogP contribution >= 0.6 is 11.3 Å². The monoisotopic (exact) mass is 340 g/mol. The molecule has 0 saturated heterocycles. The van der Waals surface area contributed by atoms with Gasteiger partial charge in [0.05, 0.1) is 6.61 Å². The summed E-state index contributed by atoms with van der Waals surface area (Å²) in [5.41, 5.74) is 4.19.